The van der Waals surface area contributed by atoms with Crippen LogP contribution in [0.2, 0.25) is 0 Å². The molecule has 1 fully saturated rings. The lowest BCUT2D eigenvalue weighted by Crippen LogP contribution is -2.47. The minimum absolute atomic E-state index is 0.167. The Morgan fingerprint density at radius 3 is 2.79 bits per heavy atom. The summed E-state index contributed by atoms with van der Waals surface area (Å²) in [5, 5.41) is 0. The van der Waals surface area contributed by atoms with Gasteiger partial charge in [-0.15, -0.1) is 11.8 Å². The molecule has 1 aromatic rings. The van der Waals surface area contributed by atoms with Crippen LogP contribution in [0.1, 0.15) is 19.8 Å². The van der Waals surface area contributed by atoms with Crippen molar-refractivity contribution in [1.82, 2.24) is 4.90 Å². The molecule has 1 aliphatic heterocycles. The molecule has 106 valence electrons. The zero-order valence-electron chi connectivity index (χ0n) is 11.5. The highest BCUT2D eigenvalue weighted by molar-refractivity contribution is 7.99. The second-order valence-electron chi connectivity index (χ2n) is 5.22. The predicted octanol–water partition coefficient (Wildman–Crippen LogP) is 2.98. The molecule has 2 unspecified atom stereocenters. The lowest BCUT2D eigenvalue weighted by Gasteiger charge is -2.36. The maximum atomic E-state index is 12.8. The van der Waals surface area contributed by atoms with Crippen molar-refractivity contribution in [3.63, 3.8) is 0 Å². The monoisotopic (exact) mass is 282 g/mol. The first-order chi connectivity index (χ1) is 9.19. The Hall–Kier alpha value is -0.580. The summed E-state index contributed by atoms with van der Waals surface area (Å²) >= 11 is 1.79. The van der Waals surface area contributed by atoms with E-state index in [1.54, 1.807) is 11.8 Å². The summed E-state index contributed by atoms with van der Waals surface area (Å²) in [5.41, 5.74) is 6.12. The van der Waals surface area contributed by atoms with Gasteiger partial charge in [0.15, 0.2) is 0 Å². The third-order valence-electron chi connectivity index (χ3n) is 3.89. The van der Waals surface area contributed by atoms with E-state index in [1.807, 2.05) is 12.1 Å². The number of thioether (sulfide) groups is 1. The minimum Gasteiger partial charge on any atom is -0.327 e. The van der Waals surface area contributed by atoms with E-state index in [9.17, 15) is 4.39 Å². The summed E-state index contributed by atoms with van der Waals surface area (Å²) in [6.07, 6.45) is 2.28. The summed E-state index contributed by atoms with van der Waals surface area (Å²) in [6.45, 7) is 5.55. The van der Waals surface area contributed by atoms with E-state index < -0.39 is 0 Å². The van der Waals surface area contributed by atoms with Crippen LogP contribution in [0.15, 0.2) is 29.2 Å². The van der Waals surface area contributed by atoms with Crippen molar-refractivity contribution in [1.29, 1.82) is 0 Å². The van der Waals surface area contributed by atoms with Gasteiger partial charge in [-0.05, 0) is 43.1 Å². The second-order valence-corrected chi connectivity index (χ2v) is 6.39. The Morgan fingerprint density at radius 1 is 1.37 bits per heavy atom. The number of hydrogen-bond donors (Lipinski definition) is 1. The van der Waals surface area contributed by atoms with E-state index in [4.69, 9.17) is 5.73 Å². The van der Waals surface area contributed by atoms with E-state index in [0.29, 0.717) is 12.0 Å². The quantitative estimate of drug-likeness (QED) is 0.842. The first-order valence-electron chi connectivity index (χ1n) is 7.05. The van der Waals surface area contributed by atoms with Gasteiger partial charge in [0, 0.05) is 29.8 Å². The lowest BCUT2D eigenvalue weighted by molar-refractivity contribution is 0.160. The number of halogens is 1. The molecule has 0 radical (unpaired) electrons. The lowest BCUT2D eigenvalue weighted by atomic mass is 9.91. The molecule has 0 aromatic heterocycles. The summed E-state index contributed by atoms with van der Waals surface area (Å²) in [4.78, 5) is 3.65. The van der Waals surface area contributed by atoms with Crippen molar-refractivity contribution in [3.8, 4) is 0 Å². The molecule has 1 saturated heterocycles. The number of likely N-dealkylation sites (tertiary alicyclic amines) is 1. The molecule has 4 heteroatoms. The summed E-state index contributed by atoms with van der Waals surface area (Å²) in [6, 6.07) is 7.12. The number of nitrogens with zero attached hydrogens (tertiary/aromatic N) is 1. The van der Waals surface area contributed by atoms with Gasteiger partial charge in [-0.1, -0.05) is 13.3 Å². The number of hydrogen-bond acceptors (Lipinski definition) is 3. The molecule has 0 bridgehead atoms. The van der Waals surface area contributed by atoms with Gasteiger partial charge in [0.05, 0.1) is 0 Å². The molecule has 2 N–H and O–H groups in total. The number of nitrogens with two attached hydrogens (primary N) is 1. The van der Waals surface area contributed by atoms with Crippen LogP contribution >= 0.6 is 11.8 Å². The zero-order chi connectivity index (χ0) is 13.7. The van der Waals surface area contributed by atoms with Crippen LogP contribution < -0.4 is 5.73 Å². The molecule has 2 nitrogen and oxygen atoms in total. The first kappa shape index (κ1) is 14.8. The van der Waals surface area contributed by atoms with Gasteiger partial charge < -0.3 is 10.6 Å². The van der Waals surface area contributed by atoms with Crippen LogP contribution in [0.4, 0.5) is 4.39 Å². The van der Waals surface area contributed by atoms with Crippen LogP contribution in [-0.4, -0.2) is 36.3 Å². The molecule has 0 saturated carbocycles. The SMILES string of the molecule is CCC1CN(CCSc2ccc(F)cc2)CCC1N. The van der Waals surface area contributed by atoms with E-state index in [0.717, 1.165) is 36.7 Å². The van der Waals surface area contributed by atoms with Crippen LogP contribution in [0.5, 0.6) is 0 Å². The van der Waals surface area contributed by atoms with Crippen LogP contribution in [-0.2, 0) is 0 Å². The van der Waals surface area contributed by atoms with Crippen molar-refractivity contribution in [2.75, 3.05) is 25.4 Å². The van der Waals surface area contributed by atoms with E-state index in [-0.39, 0.29) is 5.82 Å². The highest BCUT2D eigenvalue weighted by Crippen LogP contribution is 2.21. The third kappa shape index (κ3) is 4.48. The van der Waals surface area contributed by atoms with Gasteiger partial charge in [0.1, 0.15) is 5.82 Å². The standard InChI is InChI=1S/C15H23FN2S/c1-2-12-11-18(8-7-15(12)17)9-10-19-14-5-3-13(16)4-6-14/h3-6,12,15H,2,7-11,17H2,1H3. The molecule has 2 rings (SSSR count). The van der Waals surface area contributed by atoms with Crippen molar-refractivity contribution >= 4 is 11.8 Å². The molecular formula is C15H23FN2S. The van der Waals surface area contributed by atoms with E-state index in [2.05, 4.69) is 11.8 Å². The van der Waals surface area contributed by atoms with Gasteiger partial charge in [-0.3, -0.25) is 0 Å². The predicted molar refractivity (Wildman–Crippen MR) is 79.9 cm³/mol. The molecule has 19 heavy (non-hydrogen) atoms. The summed E-state index contributed by atoms with van der Waals surface area (Å²) in [7, 11) is 0. The number of piperidine rings is 1. The van der Waals surface area contributed by atoms with Crippen molar-refractivity contribution < 1.29 is 4.39 Å². The second kappa shape index (κ2) is 7.27. The topological polar surface area (TPSA) is 29.3 Å². The Bertz CT molecular complexity index is 382. The normalized spacial score (nSPS) is 24.6. The molecule has 1 aromatic carbocycles. The molecule has 1 heterocycles. The van der Waals surface area contributed by atoms with Crippen LogP contribution in [0.3, 0.4) is 0 Å². The van der Waals surface area contributed by atoms with Gasteiger partial charge in [0.2, 0.25) is 0 Å². The van der Waals surface area contributed by atoms with Gasteiger partial charge >= 0.3 is 0 Å². The van der Waals surface area contributed by atoms with Crippen molar-refractivity contribution in [2.45, 2.75) is 30.7 Å². The van der Waals surface area contributed by atoms with Gasteiger partial charge in [0.25, 0.3) is 0 Å². The summed E-state index contributed by atoms with van der Waals surface area (Å²) < 4.78 is 12.8. The zero-order valence-corrected chi connectivity index (χ0v) is 12.3. The number of rotatable bonds is 5. The minimum atomic E-state index is -0.167. The fraction of sp³-hybridized carbons (Fsp3) is 0.600. The van der Waals surface area contributed by atoms with Gasteiger partial charge in [-0.2, -0.15) is 0 Å². The van der Waals surface area contributed by atoms with E-state index in [1.165, 1.54) is 18.6 Å². The van der Waals surface area contributed by atoms with E-state index >= 15 is 0 Å². The fourth-order valence-corrected chi connectivity index (χ4v) is 3.50. The molecule has 1 aliphatic rings. The maximum Gasteiger partial charge on any atom is 0.123 e. The highest BCUT2D eigenvalue weighted by atomic mass is 32.2. The first-order valence-corrected chi connectivity index (χ1v) is 8.04. The summed E-state index contributed by atoms with van der Waals surface area (Å²) in [5.74, 6) is 1.53. The van der Waals surface area contributed by atoms with Crippen LogP contribution in [0.25, 0.3) is 0 Å². The third-order valence-corrected chi connectivity index (χ3v) is 4.88. The maximum absolute atomic E-state index is 12.8. The Kier molecular flexibility index (Phi) is 5.67. The average Bonchev–Trinajstić information content (AvgIpc) is 2.43. The Labute approximate surface area is 119 Å². The van der Waals surface area contributed by atoms with Gasteiger partial charge in [-0.25, -0.2) is 4.39 Å². The molecular weight excluding hydrogens is 259 g/mol. The fourth-order valence-electron chi connectivity index (χ4n) is 2.58. The number of benzene rings is 1. The molecule has 0 amide bonds. The molecule has 2 atom stereocenters. The van der Waals surface area contributed by atoms with Crippen molar-refractivity contribution in [2.24, 2.45) is 11.7 Å². The average molecular weight is 282 g/mol. The molecule has 0 spiro atoms. The Morgan fingerprint density at radius 2 is 2.11 bits per heavy atom. The smallest absolute Gasteiger partial charge is 0.123 e. The van der Waals surface area contributed by atoms with Crippen LogP contribution in [0, 0.1) is 11.7 Å². The van der Waals surface area contributed by atoms with Crippen molar-refractivity contribution in [3.05, 3.63) is 30.1 Å². The Balaban J connectivity index is 1.72. The molecule has 0 aliphatic carbocycles. The largest absolute Gasteiger partial charge is 0.327 e. The highest BCUT2D eigenvalue weighted by Gasteiger charge is 2.24.